The SMILES string of the molecule is COc1cccc2c1C(=O)c1c(O)c3c(c(O)c1C2=O)C[C@@](O)(C(=O)CO)C[C@@H]3OC1CC(NC(=O)C(N)CCCNC(=O)NC(=O)[C@@H](NC(=O)OCc2ccccc2)C(C)C)C(O)C(C)O1. The van der Waals surface area contributed by atoms with Gasteiger partial charge in [-0.2, -0.15) is 0 Å². The molecule has 1 aliphatic heterocycles. The molecule has 3 aliphatic rings. The van der Waals surface area contributed by atoms with Gasteiger partial charge in [0.05, 0.1) is 48.1 Å². The predicted octanol–water partition coefficient (Wildman–Crippen LogP) is 1.04. The van der Waals surface area contributed by atoms with Crippen LogP contribution in [-0.2, 0) is 41.6 Å². The number of ketones is 3. The van der Waals surface area contributed by atoms with Crippen LogP contribution < -0.4 is 31.7 Å². The smallest absolute Gasteiger partial charge is 0.408 e. The zero-order chi connectivity index (χ0) is 48.9. The van der Waals surface area contributed by atoms with Crippen molar-refractivity contribution in [3.05, 3.63) is 87.5 Å². The topological polar surface area (TPSA) is 332 Å². The number of imide groups is 1. The Labute approximate surface area is 384 Å². The molecule has 8 atom stereocenters. The fourth-order valence-electron chi connectivity index (χ4n) is 8.46. The molecule has 0 aromatic heterocycles. The van der Waals surface area contributed by atoms with Crippen LogP contribution in [0.25, 0.3) is 0 Å². The number of aliphatic hydroxyl groups excluding tert-OH is 2. The van der Waals surface area contributed by atoms with Crippen LogP contribution in [0.5, 0.6) is 17.2 Å². The Morgan fingerprint density at radius 3 is 2.33 bits per heavy atom. The number of phenols is 2. The Hall–Kier alpha value is -6.49. The molecule has 6 rings (SSSR count). The van der Waals surface area contributed by atoms with Crippen molar-refractivity contribution in [2.75, 3.05) is 20.3 Å². The lowest BCUT2D eigenvalue weighted by molar-refractivity contribution is -0.249. The molecule has 5 amide bonds. The highest BCUT2D eigenvalue weighted by molar-refractivity contribution is 6.31. The van der Waals surface area contributed by atoms with E-state index in [1.54, 1.807) is 38.1 Å². The molecule has 1 saturated heterocycles. The number of ether oxygens (including phenoxy) is 4. The van der Waals surface area contributed by atoms with Gasteiger partial charge in [0.25, 0.3) is 5.91 Å². The number of phenolic OH excluding ortho intramolecular Hbond substituents is 2. The lowest BCUT2D eigenvalue weighted by Gasteiger charge is -2.43. The van der Waals surface area contributed by atoms with Gasteiger partial charge in [-0.1, -0.05) is 56.3 Å². The number of hydrogen-bond acceptors (Lipinski definition) is 17. The maximum absolute atomic E-state index is 14.0. The molecule has 0 spiro atoms. The third-order valence-electron chi connectivity index (χ3n) is 12.1. The van der Waals surface area contributed by atoms with Crippen molar-refractivity contribution >= 4 is 41.3 Å². The van der Waals surface area contributed by atoms with E-state index in [0.717, 1.165) is 5.56 Å². The number of hydrogen-bond donors (Lipinski definition) is 10. The van der Waals surface area contributed by atoms with Gasteiger partial charge in [0.1, 0.15) is 48.2 Å². The summed E-state index contributed by atoms with van der Waals surface area (Å²) in [6, 6.07) is 9.01. The quantitative estimate of drug-likeness (QED) is 0.0554. The van der Waals surface area contributed by atoms with Crippen LogP contribution in [0.15, 0.2) is 48.5 Å². The van der Waals surface area contributed by atoms with Crippen LogP contribution in [0.2, 0.25) is 0 Å². The Morgan fingerprint density at radius 2 is 1.66 bits per heavy atom. The molecule has 0 radical (unpaired) electrons. The van der Waals surface area contributed by atoms with E-state index in [9.17, 15) is 59.1 Å². The highest BCUT2D eigenvalue weighted by Gasteiger charge is 2.50. The summed E-state index contributed by atoms with van der Waals surface area (Å²) in [5.74, 6) is -6.17. The van der Waals surface area contributed by atoms with Gasteiger partial charge in [-0.25, -0.2) is 9.59 Å². The Kier molecular flexibility index (Phi) is 15.6. The monoisotopic (exact) mass is 933 g/mol. The number of rotatable bonds is 16. The van der Waals surface area contributed by atoms with Crippen LogP contribution in [0.4, 0.5) is 9.59 Å². The molecule has 0 bridgehead atoms. The summed E-state index contributed by atoms with van der Waals surface area (Å²) in [5, 5.41) is 65.7. The van der Waals surface area contributed by atoms with Crippen molar-refractivity contribution in [2.24, 2.45) is 11.7 Å². The molecule has 21 nitrogen and oxygen atoms in total. The van der Waals surface area contributed by atoms with Crippen molar-refractivity contribution < 1.29 is 78.0 Å². The lowest BCUT2D eigenvalue weighted by Crippen LogP contribution is -2.58. The summed E-state index contributed by atoms with van der Waals surface area (Å²) in [7, 11) is 1.29. The number of nitrogens with two attached hydrogens (primary N) is 1. The molecule has 2 aliphatic carbocycles. The second kappa shape index (κ2) is 21.0. The normalized spacial score (nSPS) is 22.9. The first-order valence-corrected chi connectivity index (χ1v) is 21.6. The minimum Gasteiger partial charge on any atom is -0.507 e. The zero-order valence-corrected chi connectivity index (χ0v) is 37.2. The number of carbonyl (C=O) groups is 7. The second-order valence-corrected chi connectivity index (χ2v) is 17.0. The standard InChI is InChI=1S/C46H55N5O16/c1-21(2)36(50-45(62)65-20-23-10-6-5-7-11-23)43(60)51-44(61)48-15-9-13-26(47)42(59)49-27-16-31(66-22(3)37(27)54)67-29-18-46(63,30(53)19-52)17-25-33(29)41(58)35-34(39(25)56)38(55)24-12-8-14-28(64-4)32(24)40(35)57/h5-8,10-12,14,21-22,26-27,29,31,36-37,52,54,56,58,63H,9,13,15-20,47H2,1-4H3,(H,49,59)(H,50,62)(H2,48,51,60,61)/t22?,26?,27?,29-,31?,36-,37?,46-/m0/s1. The van der Waals surface area contributed by atoms with Gasteiger partial charge in [0.15, 0.2) is 17.9 Å². The summed E-state index contributed by atoms with van der Waals surface area (Å²) >= 11 is 0. The molecule has 3 aromatic carbocycles. The van der Waals surface area contributed by atoms with E-state index in [-0.39, 0.29) is 60.4 Å². The van der Waals surface area contributed by atoms with Crippen LogP contribution >= 0.6 is 0 Å². The highest BCUT2D eigenvalue weighted by atomic mass is 16.7. The summed E-state index contributed by atoms with van der Waals surface area (Å²) in [6.45, 7) is 3.68. The number of aliphatic hydroxyl groups is 3. The summed E-state index contributed by atoms with van der Waals surface area (Å²) < 4.78 is 22.6. The average molecular weight is 934 g/mol. The molecule has 21 heteroatoms. The van der Waals surface area contributed by atoms with Gasteiger partial charge in [0.2, 0.25) is 11.7 Å². The Morgan fingerprint density at radius 1 is 0.955 bits per heavy atom. The van der Waals surface area contributed by atoms with Gasteiger partial charge < -0.3 is 66.2 Å². The van der Waals surface area contributed by atoms with Crippen molar-refractivity contribution in [1.29, 1.82) is 0 Å². The Balaban J connectivity index is 1.07. The van der Waals surface area contributed by atoms with Crippen LogP contribution in [0.1, 0.15) is 101 Å². The van der Waals surface area contributed by atoms with E-state index in [1.807, 2.05) is 6.07 Å². The second-order valence-electron chi connectivity index (χ2n) is 17.0. The number of Topliss-reactive ketones (excluding diaryl/α,β-unsaturated/α-hetero) is 1. The van der Waals surface area contributed by atoms with Crippen molar-refractivity contribution in [2.45, 2.75) is 108 Å². The first kappa shape index (κ1) is 49.9. The summed E-state index contributed by atoms with van der Waals surface area (Å²) in [5.41, 5.74) is 2.58. The number of alkyl carbamates (subject to hydrolysis) is 1. The third-order valence-corrected chi connectivity index (χ3v) is 12.1. The van der Waals surface area contributed by atoms with E-state index < -0.39 is 138 Å². The number of amides is 5. The zero-order valence-electron chi connectivity index (χ0n) is 37.2. The fraction of sp³-hybridized carbons (Fsp3) is 0.457. The fourth-order valence-corrected chi connectivity index (χ4v) is 8.46. The van der Waals surface area contributed by atoms with Crippen LogP contribution in [0, 0.1) is 5.92 Å². The number of urea groups is 1. The lowest BCUT2D eigenvalue weighted by atomic mass is 9.72. The third kappa shape index (κ3) is 10.7. The minimum absolute atomic E-state index is 0.00869. The van der Waals surface area contributed by atoms with E-state index in [1.165, 1.54) is 32.2 Å². The highest BCUT2D eigenvalue weighted by Crippen LogP contribution is 2.52. The van der Waals surface area contributed by atoms with E-state index >= 15 is 0 Å². The number of carbonyl (C=O) groups excluding carboxylic acids is 7. The molecule has 0 saturated carbocycles. The maximum atomic E-state index is 14.0. The van der Waals surface area contributed by atoms with Gasteiger partial charge >= 0.3 is 12.1 Å². The number of nitrogens with one attached hydrogen (secondary N) is 4. The first-order chi connectivity index (χ1) is 31.8. The van der Waals surface area contributed by atoms with Gasteiger partial charge in [-0.05, 0) is 37.3 Å². The average Bonchev–Trinajstić information content (AvgIpc) is 3.30. The molecule has 67 heavy (non-hydrogen) atoms. The van der Waals surface area contributed by atoms with Crippen LogP contribution in [-0.4, -0.2) is 129 Å². The number of fused-ring (bicyclic) bond motifs is 3. The number of methoxy groups -OCH3 is 1. The van der Waals surface area contributed by atoms with Gasteiger partial charge in [-0.3, -0.25) is 29.3 Å². The molecular formula is C46H55N5O16. The molecule has 11 N–H and O–H groups in total. The molecule has 5 unspecified atom stereocenters. The molecule has 360 valence electrons. The summed E-state index contributed by atoms with van der Waals surface area (Å²) in [4.78, 5) is 91.9. The summed E-state index contributed by atoms with van der Waals surface area (Å²) in [6.07, 6.45) is -7.37. The predicted molar refractivity (Wildman–Crippen MR) is 233 cm³/mol. The molecule has 1 heterocycles. The van der Waals surface area contributed by atoms with Crippen LogP contribution in [0.3, 0.4) is 0 Å². The van der Waals surface area contributed by atoms with Gasteiger partial charge in [0, 0.05) is 42.5 Å². The number of benzene rings is 3. The molecular weight excluding hydrogens is 879 g/mol. The van der Waals surface area contributed by atoms with Crippen molar-refractivity contribution in [3.63, 3.8) is 0 Å². The first-order valence-electron chi connectivity index (χ1n) is 21.6. The van der Waals surface area contributed by atoms with Crippen molar-refractivity contribution in [3.8, 4) is 17.2 Å². The maximum Gasteiger partial charge on any atom is 0.408 e. The molecule has 3 aromatic rings. The van der Waals surface area contributed by atoms with Crippen molar-refractivity contribution in [1.82, 2.24) is 21.3 Å². The van der Waals surface area contributed by atoms with Gasteiger partial charge in [-0.15, -0.1) is 0 Å². The molecule has 1 fully saturated rings. The number of aromatic hydroxyl groups is 2. The minimum atomic E-state index is -2.40. The van der Waals surface area contributed by atoms with E-state index in [2.05, 4.69) is 21.3 Å². The largest absolute Gasteiger partial charge is 0.507 e. The van der Waals surface area contributed by atoms with E-state index in [4.69, 9.17) is 24.7 Å². The Bertz CT molecular complexity index is 2410. The van der Waals surface area contributed by atoms with E-state index in [0.29, 0.717) is 0 Å².